The van der Waals surface area contributed by atoms with Crippen molar-refractivity contribution < 1.29 is 13.0 Å². The van der Waals surface area contributed by atoms with Gasteiger partial charge in [-0.3, -0.25) is 0 Å². The molecule has 0 N–H and O–H groups in total. The summed E-state index contributed by atoms with van der Waals surface area (Å²) >= 11 is 0. The monoisotopic (exact) mass is 364 g/mol. The van der Waals surface area contributed by atoms with Crippen LogP contribution in [0.5, 0.6) is 0 Å². The van der Waals surface area contributed by atoms with Gasteiger partial charge in [0.25, 0.3) is 0 Å². The van der Waals surface area contributed by atoms with Crippen LogP contribution >= 0.6 is 7.14 Å². The first-order valence-electron chi connectivity index (χ1n) is 7.91. The minimum Gasteiger partial charge on any atom is -0.309 e. The highest BCUT2D eigenvalue weighted by molar-refractivity contribution is 8.04. The number of benzene rings is 3. The molecule has 2 aliphatic rings. The molecule has 0 radical (unpaired) electrons. The van der Waals surface area contributed by atoms with Crippen LogP contribution in [-0.4, -0.2) is 8.42 Å². The SMILES string of the molecule is O=P1(c2ccccc2)C2=C(c3ccccc31)S(=O)(=O)c1ccccc12. The van der Waals surface area contributed by atoms with E-state index in [1.807, 2.05) is 36.4 Å². The summed E-state index contributed by atoms with van der Waals surface area (Å²) in [7, 11) is -6.90. The van der Waals surface area contributed by atoms with E-state index in [0.717, 1.165) is 0 Å². The smallest absolute Gasteiger partial charge is 0.208 e. The van der Waals surface area contributed by atoms with Gasteiger partial charge in [0.05, 0.1) is 9.80 Å². The third-order valence-electron chi connectivity index (χ3n) is 4.84. The molecule has 0 amide bonds. The number of rotatable bonds is 1. The van der Waals surface area contributed by atoms with E-state index in [1.165, 1.54) is 0 Å². The van der Waals surface area contributed by atoms with Crippen LogP contribution in [0.3, 0.4) is 0 Å². The Morgan fingerprint density at radius 1 is 0.680 bits per heavy atom. The highest BCUT2D eigenvalue weighted by Gasteiger charge is 2.52. The number of sulfone groups is 1. The normalized spacial score (nSPS) is 22.4. The highest BCUT2D eigenvalue weighted by Crippen LogP contribution is 2.69. The zero-order valence-corrected chi connectivity index (χ0v) is 14.8. The van der Waals surface area contributed by atoms with Gasteiger partial charge in [0.2, 0.25) is 9.84 Å². The number of hydrogen-bond donors (Lipinski definition) is 0. The molecule has 1 atom stereocenters. The van der Waals surface area contributed by atoms with Gasteiger partial charge in [-0.05, 0) is 6.07 Å². The summed E-state index contributed by atoms with van der Waals surface area (Å²) in [5, 5.41) is 1.75. The van der Waals surface area contributed by atoms with Gasteiger partial charge in [-0.2, -0.15) is 0 Å². The van der Waals surface area contributed by atoms with Gasteiger partial charge in [-0.25, -0.2) is 8.42 Å². The van der Waals surface area contributed by atoms with Crippen LogP contribution in [0.4, 0.5) is 0 Å². The molecule has 0 aromatic heterocycles. The summed E-state index contributed by atoms with van der Waals surface area (Å²) in [4.78, 5) is 0.474. The molecular formula is C20H13O3PS. The Hall–Kier alpha value is -2.42. The second-order valence-electron chi connectivity index (χ2n) is 6.14. The zero-order chi connectivity index (χ0) is 17.2. The molecule has 3 nitrogen and oxygen atoms in total. The number of fused-ring (bicyclic) bond motifs is 4. The Morgan fingerprint density at radius 2 is 1.28 bits per heavy atom. The van der Waals surface area contributed by atoms with E-state index < -0.39 is 17.0 Å². The third kappa shape index (κ3) is 1.71. The van der Waals surface area contributed by atoms with E-state index in [9.17, 15) is 13.0 Å². The van der Waals surface area contributed by atoms with Crippen molar-refractivity contribution in [2.75, 3.05) is 0 Å². The second kappa shape index (κ2) is 4.81. The molecule has 0 spiro atoms. The average Bonchev–Trinajstić information content (AvgIpc) is 3.07. The first kappa shape index (κ1) is 14.9. The van der Waals surface area contributed by atoms with Crippen LogP contribution in [0.25, 0.3) is 10.2 Å². The third-order valence-corrected chi connectivity index (χ3v) is 10.1. The van der Waals surface area contributed by atoms with Gasteiger partial charge in [0, 0.05) is 27.1 Å². The van der Waals surface area contributed by atoms with Crippen molar-refractivity contribution >= 4 is 37.8 Å². The van der Waals surface area contributed by atoms with Crippen LogP contribution in [0.2, 0.25) is 0 Å². The van der Waals surface area contributed by atoms with Crippen molar-refractivity contribution in [3.05, 3.63) is 90.0 Å². The maximum absolute atomic E-state index is 14.4. The summed E-state index contributed by atoms with van der Waals surface area (Å²) in [5.41, 5.74) is 1.14. The van der Waals surface area contributed by atoms with Crippen molar-refractivity contribution in [1.29, 1.82) is 0 Å². The standard InChI is InChI=1S/C20H13O3PS/c21-24(14-8-2-1-3-9-14)17-12-6-4-10-15(17)20-19(24)16-11-5-7-13-18(16)25(20,22)23/h1-13H. The largest absolute Gasteiger partial charge is 0.309 e. The minimum absolute atomic E-state index is 0.219. The molecule has 2 aliphatic heterocycles. The van der Waals surface area contributed by atoms with Crippen molar-refractivity contribution in [1.82, 2.24) is 0 Å². The van der Waals surface area contributed by atoms with E-state index in [1.54, 1.807) is 42.5 Å². The molecule has 3 aromatic carbocycles. The summed E-state index contributed by atoms with van der Waals surface area (Å²) in [6.07, 6.45) is 0. The molecule has 5 rings (SSSR count). The molecule has 0 saturated heterocycles. The molecule has 3 aromatic rings. The highest BCUT2D eigenvalue weighted by atomic mass is 32.2. The van der Waals surface area contributed by atoms with Gasteiger partial charge in [0.1, 0.15) is 0 Å². The first-order valence-corrected chi connectivity index (χ1v) is 11.1. The maximum Gasteiger partial charge on any atom is 0.208 e. The fourth-order valence-corrected chi connectivity index (χ4v) is 9.61. The summed E-state index contributed by atoms with van der Waals surface area (Å²) in [5.74, 6) is 0. The lowest BCUT2D eigenvalue weighted by Gasteiger charge is -2.18. The molecule has 0 fully saturated rings. The lowest BCUT2D eigenvalue weighted by Crippen LogP contribution is -2.16. The van der Waals surface area contributed by atoms with Gasteiger partial charge in [-0.1, -0.05) is 72.8 Å². The van der Waals surface area contributed by atoms with Gasteiger partial charge in [-0.15, -0.1) is 0 Å². The molecule has 0 bridgehead atoms. The Balaban J connectivity index is 1.98. The fourth-order valence-electron chi connectivity index (χ4n) is 3.81. The van der Waals surface area contributed by atoms with E-state index in [0.29, 0.717) is 27.1 Å². The fraction of sp³-hybridized carbons (Fsp3) is 0. The minimum atomic E-state index is -3.67. The molecule has 0 saturated carbocycles. The maximum atomic E-state index is 14.4. The topological polar surface area (TPSA) is 51.2 Å². The average molecular weight is 364 g/mol. The Kier molecular flexibility index (Phi) is 2.87. The van der Waals surface area contributed by atoms with E-state index in [2.05, 4.69) is 0 Å². The second-order valence-corrected chi connectivity index (χ2v) is 10.7. The van der Waals surface area contributed by atoms with Crippen LogP contribution < -0.4 is 10.6 Å². The predicted octanol–water partition coefficient (Wildman–Crippen LogP) is 3.63. The van der Waals surface area contributed by atoms with Crippen molar-refractivity contribution in [3.8, 4) is 0 Å². The van der Waals surface area contributed by atoms with Crippen LogP contribution in [0.15, 0.2) is 83.8 Å². The molecule has 1 unspecified atom stereocenters. The van der Waals surface area contributed by atoms with Crippen LogP contribution in [-0.2, 0) is 14.4 Å². The van der Waals surface area contributed by atoms with Crippen LogP contribution in [0, 0.1) is 0 Å². The van der Waals surface area contributed by atoms with Crippen molar-refractivity contribution in [3.63, 3.8) is 0 Å². The zero-order valence-electron chi connectivity index (χ0n) is 13.1. The van der Waals surface area contributed by atoms with Crippen molar-refractivity contribution in [2.45, 2.75) is 4.90 Å². The summed E-state index contributed by atoms with van der Waals surface area (Å²) in [6.45, 7) is 0. The Bertz CT molecular complexity index is 1220. The van der Waals surface area contributed by atoms with Gasteiger partial charge in [0.15, 0.2) is 7.14 Å². The lowest BCUT2D eigenvalue weighted by atomic mass is 10.1. The van der Waals surface area contributed by atoms with Gasteiger partial charge >= 0.3 is 0 Å². The molecule has 2 heterocycles. The molecule has 0 aliphatic carbocycles. The van der Waals surface area contributed by atoms with Gasteiger partial charge < -0.3 is 4.57 Å². The molecule has 122 valence electrons. The molecule has 5 heteroatoms. The van der Waals surface area contributed by atoms with Crippen LogP contribution in [0.1, 0.15) is 11.1 Å². The van der Waals surface area contributed by atoms with Crippen molar-refractivity contribution in [2.24, 2.45) is 0 Å². The Labute approximate surface area is 145 Å². The van der Waals surface area contributed by atoms with E-state index in [4.69, 9.17) is 0 Å². The molecule has 25 heavy (non-hydrogen) atoms. The Morgan fingerprint density at radius 3 is 2.04 bits per heavy atom. The summed E-state index contributed by atoms with van der Waals surface area (Å²) in [6, 6.07) is 23.2. The van der Waals surface area contributed by atoms with E-state index >= 15 is 0 Å². The number of hydrogen-bond acceptors (Lipinski definition) is 3. The predicted molar refractivity (Wildman–Crippen MR) is 100 cm³/mol. The summed E-state index contributed by atoms with van der Waals surface area (Å²) < 4.78 is 40.7. The van der Waals surface area contributed by atoms with E-state index in [-0.39, 0.29) is 9.80 Å². The quantitative estimate of drug-likeness (QED) is 0.620. The lowest BCUT2D eigenvalue weighted by molar-refractivity contribution is 0.593. The first-order chi connectivity index (χ1) is 12.1. The molecular weight excluding hydrogens is 351 g/mol.